The molecule has 1 fully saturated rings. The normalized spacial score (nSPS) is 22.4. The highest BCUT2D eigenvalue weighted by molar-refractivity contribution is 7.91. The van der Waals surface area contributed by atoms with Gasteiger partial charge in [-0.25, -0.2) is 8.42 Å². The molecule has 15 heavy (non-hydrogen) atoms. The summed E-state index contributed by atoms with van der Waals surface area (Å²) in [5.41, 5.74) is 0. The topological polar surface area (TPSA) is 66.5 Å². The average Bonchev–Trinajstić information content (AvgIpc) is 2.57. The van der Waals surface area contributed by atoms with Crippen molar-refractivity contribution in [2.75, 3.05) is 31.6 Å². The highest BCUT2D eigenvalue weighted by atomic mass is 32.2. The number of sulfone groups is 1. The van der Waals surface area contributed by atoms with Gasteiger partial charge in [0.05, 0.1) is 11.8 Å². The first-order chi connectivity index (χ1) is 7.00. The van der Waals surface area contributed by atoms with E-state index in [1.165, 1.54) is 0 Å². The van der Waals surface area contributed by atoms with Crippen LogP contribution in [0.4, 0.5) is 0 Å². The number of nitrogens with zero attached hydrogens (tertiary/aromatic N) is 1. The molecular formula is C9H18N2O3S. The van der Waals surface area contributed by atoms with Crippen molar-refractivity contribution in [2.45, 2.75) is 19.4 Å². The van der Waals surface area contributed by atoms with Gasteiger partial charge < -0.3 is 10.2 Å². The lowest BCUT2D eigenvalue weighted by Crippen LogP contribution is -2.38. The van der Waals surface area contributed by atoms with E-state index in [1.807, 2.05) is 0 Å². The molecule has 6 heteroatoms. The van der Waals surface area contributed by atoms with Gasteiger partial charge in [-0.05, 0) is 13.5 Å². The molecule has 1 aliphatic heterocycles. The minimum Gasteiger partial charge on any atom is -0.340 e. The minimum atomic E-state index is -2.97. The number of likely N-dealkylation sites (tertiary alicyclic amines) is 1. The summed E-state index contributed by atoms with van der Waals surface area (Å²) in [6, 6.07) is -0.130. The number of hydrogen-bond acceptors (Lipinski definition) is 4. The summed E-state index contributed by atoms with van der Waals surface area (Å²) in [6.45, 7) is 2.61. The van der Waals surface area contributed by atoms with Gasteiger partial charge in [0.2, 0.25) is 5.91 Å². The third-order valence-electron chi connectivity index (χ3n) is 2.76. The summed E-state index contributed by atoms with van der Waals surface area (Å²) in [7, 11) is -1.22. The number of nitrogens with one attached hydrogen (secondary N) is 1. The molecule has 0 saturated carbocycles. The van der Waals surface area contributed by atoms with Gasteiger partial charge in [-0.2, -0.15) is 0 Å². The first kappa shape index (κ1) is 12.4. The Balaban J connectivity index is 2.45. The maximum atomic E-state index is 11.6. The number of rotatable bonds is 5. The second-order valence-electron chi connectivity index (χ2n) is 3.69. The van der Waals surface area contributed by atoms with Crippen molar-refractivity contribution < 1.29 is 13.2 Å². The third kappa shape index (κ3) is 3.17. The summed E-state index contributed by atoms with van der Waals surface area (Å²) in [5.74, 6) is 0.236. The predicted molar refractivity (Wildman–Crippen MR) is 58.4 cm³/mol. The van der Waals surface area contributed by atoms with Crippen molar-refractivity contribution in [2.24, 2.45) is 0 Å². The van der Waals surface area contributed by atoms with Crippen LogP contribution in [0.2, 0.25) is 0 Å². The average molecular weight is 234 g/mol. The fraction of sp³-hybridized carbons (Fsp3) is 0.889. The van der Waals surface area contributed by atoms with Crippen molar-refractivity contribution >= 4 is 15.7 Å². The van der Waals surface area contributed by atoms with Crippen LogP contribution in [-0.4, -0.2) is 56.9 Å². The molecule has 1 aliphatic rings. The summed E-state index contributed by atoms with van der Waals surface area (Å²) < 4.78 is 22.5. The number of likely N-dealkylation sites (N-methyl/N-ethyl adjacent to an activating group) is 1. The van der Waals surface area contributed by atoms with Crippen LogP contribution in [0.5, 0.6) is 0 Å². The molecule has 0 aromatic carbocycles. The van der Waals surface area contributed by atoms with Crippen molar-refractivity contribution in [3.63, 3.8) is 0 Å². The van der Waals surface area contributed by atoms with Gasteiger partial charge in [0, 0.05) is 18.8 Å². The SMILES string of the molecule is CCS(=O)(=O)CCN1CCC(NC)C1=O. The Labute approximate surface area is 90.7 Å². The van der Waals surface area contributed by atoms with Crippen LogP contribution in [0.3, 0.4) is 0 Å². The number of hydrogen-bond donors (Lipinski definition) is 1. The zero-order valence-electron chi connectivity index (χ0n) is 9.19. The van der Waals surface area contributed by atoms with E-state index >= 15 is 0 Å². The van der Waals surface area contributed by atoms with E-state index in [9.17, 15) is 13.2 Å². The molecule has 5 nitrogen and oxygen atoms in total. The standard InChI is InChI=1S/C9H18N2O3S/c1-3-15(13,14)7-6-11-5-4-8(10-2)9(11)12/h8,10H,3-7H2,1-2H3. The van der Waals surface area contributed by atoms with Gasteiger partial charge in [-0.1, -0.05) is 6.92 Å². The van der Waals surface area contributed by atoms with Crippen LogP contribution in [0, 0.1) is 0 Å². The monoisotopic (exact) mass is 234 g/mol. The summed E-state index contributed by atoms with van der Waals surface area (Å²) in [5, 5.41) is 2.91. The largest absolute Gasteiger partial charge is 0.340 e. The van der Waals surface area contributed by atoms with Gasteiger partial charge in [-0.15, -0.1) is 0 Å². The van der Waals surface area contributed by atoms with E-state index < -0.39 is 9.84 Å². The number of carbonyl (C=O) groups is 1. The highest BCUT2D eigenvalue weighted by Gasteiger charge is 2.30. The van der Waals surface area contributed by atoms with Crippen LogP contribution in [-0.2, 0) is 14.6 Å². The fourth-order valence-electron chi connectivity index (χ4n) is 1.62. The van der Waals surface area contributed by atoms with Gasteiger partial charge >= 0.3 is 0 Å². The maximum Gasteiger partial charge on any atom is 0.239 e. The Morgan fingerprint density at radius 2 is 2.20 bits per heavy atom. The molecule has 1 N–H and O–H groups in total. The van der Waals surface area contributed by atoms with Crippen LogP contribution in [0.15, 0.2) is 0 Å². The Morgan fingerprint density at radius 1 is 1.53 bits per heavy atom. The first-order valence-corrected chi connectivity index (χ1v) is 6.98. The second kappa shape index (κ2) is 4.94. The molecule has 1 saturated heterocycles. The molecule has 0 bridgehead atoms. The molecule has 1 rings (SSSR count). The van der Waals surface area contributed by atoms with E-state index in [0.29, 0.717) is 13.1 Å². The zero-order valence-corrected chi connectivity index (χ0v) is 10.0. The number of carbonyl (C=O) groups excluding carboxylic acids is 1. The molecule has 1 unspecified atom stereocenters. The lowest BCUT2D eigenvalue weighted by atomic mass is 10.3. The predicted octanol–water partition coefficient (Wildman–Crippen LogP) is -0.759. The minimum absolute atomic E-state index is 0.0174. The molecule has 0 radical (unpaired) electrons. The molecule has 0 aromatic rings. The quantitative estimate of drug-likeness (QED) is 0.679. The lowest BCUT2D eigenvalue weighted by molar-refractivity contribution is -0.129. The van der Waals surface area contributed by atoms with Crippen molar-refractivity contribution in [1.82, 2.24) is 10.2 Å². The second-order valence-corrected chi connectivity index (χ2v) is 6.16. The summed E-state index contributed by atoms with van der Waals surface area (Å²) >= 11 is 0. The van der Waals surface area contributed by atoms with E-state index in [2.05, 4.69) is 5.32 Å². The van der Waals surface area contributed by atoms with E-state index in [0.717, 1.165) is 6.42 Å². The molecule has 1 heterocycles. The molecule has 88 valence electrons. The summed E-state index contributed by atoms with van der Waals surface area (Å²) in [6.07, 6.45) is 0.765. The van der Waals surface area contributed by atoms with Gasteiger partial charge in [-0.3, -0.25) is 4.79 Å². The van der Waals surface area contributed by atoms with Crippen LogP contribution >= 0.6 is 0 Å². The highest BCUT2D eigenvalue weighted by Crippen LogP contribution is 2.10. The zero-order chi connectivity index (χ0) is 11.5. The molecule has 0 aliphatic carbocycles. The lowest BCUT2D eigenvalue weighted by Gasteiger charge is -2.16. The molecule has 0 aromatic heterocycles. The van der Waals surface area contributed by atoms with E-state index in [4.69, 9.17) is 0 Å². The van der Waals surface area contributed by atoms with Crippen LogP contribution in [0.1, 0.15) is 13.3 Å². The van der Waals surface area contributed by atoms with Crippen LogP contribution < -0.4 is 5.32 Å². The number of amides is 1. The Hall–Kier alpha value is -0.620. The molecule has 1 atom stereocenters. The van der Waals surface area contributed by atoms with Crippen molar-refractivity contribution in [3.05, 3.63) is 0 Å². The van der Waals surface area contributed by atoms with Crippen LogP contribution in [0.25, 0.3) is 0 Å². The maximum absolute atomic E-state index is 11.6. The first-order valence-electron chi connectivity index (χ1n) is 5.16. The fourth-order valence-corrected chi connectivity index (χ4v) is 2.41. The van der Waals surface area contributed by atoms with E-state index in [1.54, 1.807) is 18.9 Å². The van der Waals surface area contributed by atoms with E-state index in [-0.39, 0.29) is 23.5 Å². The van der Waals surface area contributed by atoms with Crippen molar-refractivity contribution in [3.8, 4) is 0 Å². The molecular weight excluding hydrogens is 216 g/mol. The third-order valence-corrected chi connectivity index (χ3v) is 4.44. The molecule has 1 amide bonds. The smallest absolute Gasteiger partial charge is 0.239 e. The van der Waals surface area contributed by atoms with Crippen molar-refractivity contribution in [1.29, 1.82) is 0 Å². The van der Waals surface area contributed by atoms with Gasteiger partial charge in [0.25, 0.3) is 0 Å². The van der Waals surface area contributed by atoms with Gasteiger partial charge in [0.15, 0.2) is 9.84 Å². The summed E-state index contributed by atoms with van der Waals surface area (Å²) in [4.78, 5) is 13.2. The van der Waals surface area contributed by atoms with Gasteiger partial charge in [0.1, 0.15) is 0 Å². The Kier molecular flexibility index (Phi) is 4.10. The molecule has 0 spiro atoms. The Bertz CT molecular complexity index is 326. The Morgan fingerprint density at radius 3 is 2.67 bits per heavy atom.